The molecule has 0 N–H and O–H groups in total. The highest BCUT2D eigenvalue weighted by molar-refractivity contribution is 7.12. The molecule has 0 aliphatic rings. The number of hydrogen-bond donors (Lipinski definition) is 0. The van der Waals surface area contributed by atoms with Crippen LogP contribution in [0, 0.1) is 5.92 Å². The molecule has 13 heavy (non-hydrogen) atoms. The maximum absolute atomic E-state index is 11.4. The molecule has 1 heterocycles. The highest BCUT2D eigenvalue weighted by Crippen LogP contribution is 2.18. The molecule has 1 rings (SSSR count). The predicted octanol–water partition coefficient (Wildman–Crippen LogP) is 3.08. The summed E-state index contributed by atoms with van der Waals surface area (Å²) in [6.45, 7) is 6.05. The van der Waals surface area contributed by atoms with Gasteiger partial charge in [-0.15, -0.1) is 11.3 Å². The summed E-state index contributed by atoms with van der Waals surface area (Å²) in [5, 5.41) is 0. The average molecular weight is 196 g/mol. The standard InChI is InChI=1S/C11H16OS/c1-4-9-5-6-10(13-9)7-11(12)8(2)3/h5-6,8H,4,7H2,1-3H3. The molecule has 72 valence electrons. The van der Waals surface area contributed by atoms with Crippen molar-refractivity contribution in [3.8, 4) is 0 Å². The Morgan fingerprint density at radius 2 is 2.00 bits per heavy atom. The first-order valence-electron chi connectivity index (χ1n) is 4.73. The van der Waals surface area contributed by atoms with Crippen molar-refractivity contribution in [2.75, 3.05) is 0 Å². The lowest BCUT2D eigenvalue weighted by Crippen LogP contribution is -2.08. The van der Waals surface area contributed by atoms with Crippen molar-refractivity contribution in [2.24, 2.45) is 5.92 Å². The van der Waals surface area contributed by atoms with E-state index in [-0.39, 0.29) is 5.92 Å². The first-order chi connectivity index (χ1) is 6.13. The molecule has 0 aliphatic carbocycles. The van der Waals surface area contributed by atoms with Gasteiger partial charge in [-0.3, -0.25) is 4.79 Å². The van der Waals surface area contributed by atoms with Crippen LogP contribution in [-0.4, -0.2) is 5.78 Å². The van der Waals surface area contributed by atoms with Crippen LogP contribution in [0.3, 0.4) is 0 Å². The van der Waals surface area contributed by atoms with E-state index in [2.05, 4.69) is 19.1 Å². The van der Waals surface area contributed by atoms with Gasteiger partial charge in [0.2, 0.25) is 0 Å². The van der Waals surface area contributed by atoms with Gasteiger partial charge < -0.3 is 0 Å². The molecule has 1 nitrogen and oxygen atoms in total. The molecular weight excluding hydrogens is 180 g/mol. The normalized spacial score (nSPS) is 10.8. The molecule has 1 aromatic heterocycles. The number of carbonyl (C=O) groups is 1. The van der Waals surface area contributed by atoms with Crippen molar-refractivity contribution in [1.82, 2.24) is 0 Å². The molecule has 2 heteroatoms. The summed E-state index contributed by atoms with van der Waals surface area (Å²) in [4.78, 5) is 14.0. The number of Topliss-reactive ketones (excluding diaryl/α,β-unsaturated/α-hetero) is 1. The SMILES string of the molecule is CCc1ccc(CC(=O)C(C)C)s1. The van der Waals surface area contributed by atoms with Gasteiger partial charge in [0.25, 0.3) is 0 Å². The molecule has 0 aliphatic heterocycles. The monoisotopic (exact) mass is 196 g/mol. The van der Waals surface area contributed by atoms with Crippen LogP contribution in [0.5, 0.6) is 0 Å². The lowest BCUT2D eigenvalue weighted by molar-refractivity contribution is -0.121. The molecule has 0 fully saturated rings. The Balaban J connectivity index is 2.59. The summed E-state index contributed by atoms with van der Waals surface area (Å²) in [6.07, 6.45) is 1.68. The maximum atomic E-state index is 11.4. The Kier molecular flexibility index (Phi) is 3.67. The fraction of sp³-hybridized carbons (Fsp3) is 0.545. The van der Waals surface area contributed by atoms with Crippen LogP contribution in [0.15, 0.2) is 12.1 Å². The number of ketones is 1. The highest BCUT2D eigenvalue weighted by atomic mass is 32.1. The van der Waals surface area contributed by atoms with E-state index in [9.17, 15) is 4.79 Å². The third kappa shape index (κ3) is 2.96. The van der Waals surface area contributed by atoms with E-state index in [0.29, 0.717) is 12.2 Å². The van der Waals surface area contributed by atoms with Crippen molar-refractivity contribution in [1.29, 1.82) is 0 Å². The number of hydrogen-bond acceptors (Lipinski definition) is 2. The van der Waals surface area contributed by atoms with E-state index in [1.165, 1.54) is 9.75 Å². The molecule has 0 aromatic carbocycles. The quantitative estimate of drug-likeness (QED) is 0.723. The minimum absolute atomic E-state index is 0.159. The van der Waals surface area contributed by atoms with E-state index in [1.807, 2.05) is 13.8 Å². The zero-order chi connectivity index (χ0) is 9.84. The van der Waals surface area contributed by atoms with Crippen molar-refractivity contribution >= 4 is 17.1 Å². The largest absolute Gasteiger partial charge is 0.299 e. The van der Waals surface area contributed by atoms with Crippen LogP contribution >= 0.6 is 11.3 Å². The van der Waals surface area contributed by atoms with Crippen molar-refractivity contribution in [3.63, 3.8) is 0 Å². The Labute approximate surface area is 83.8 Å². The number of thiophene rings is 1. The number of aryl methyl sites for hydroxylation is 1. The Morgan fingerprint density at radius 1 is 1.38 bits per heavy atom. The molecule has 1 aromatic rings. The topological polar surface area (TPSA) is 17.1 Å². The Hall–Kier alpha value is -0.630. The van der Waals surface area contributed by atoms with Gasteiger partial charge >= 0.3 is 0 Å². The zero-order valence-corrected chi connectivity index (χ0v) is 9.28. The second-order valence-corrected chi connectivity index (χ2v) is 4.77. The zero-order valence-electron chi connectivity index (χ0n) is 8.46. The molecule has 0 unspecified atom stereocenters. The van der Waals surface area contributed by atoms with E-state index in [4.69, 9.17) is 0 Å². The van der Waals surface area contributed by atoms with Crippen LogP contribution < -0.4 is 0 Å². The molecule has 0 saturated heterocycles. The first-order valence-corrected chi connectivity index (χ1v) is 5.55. The van der Waals surface area contributed by atoms with Gasteiger partial charge in [-0.1, -0.05) is 20.8 Å². The van der Waals surface area contributed by atoms with Crippen LogP contribution in [0.4, 0.5) is 0 Å². The summed E-state index contributed by atoms with van der Waals surface area (Å²) >= 11 is 1.76. The lowest BCUT2D eigenvalue weighted by atomic mass is 10.1. The van der Waals surface area contributed by atoms with Gasteiger partial charge in [-0.25, -0.2) is 0 Å². The smallest absolute Gasteiger partial charge is 0.140 e. The fourth-order valence-corrected chi connectivity index (χ4v) is 2.05. The molecule has 0 bridgehead atoms. The molecule has 0 amide bonds. The number of rotatable bonds is 4. The van der Waals surface area contributed by atoms with Crippen molar-refractivity contribution in [3.05, 3.63) is 21.9 Å². The van der Waals surface area contributed by atoms with Gasteiger partial charge in [0.05, 0.1) is 0 Å². The average Bonchev–Trinajstić information content (AvgIpc) is 2.52. The minimum atomic E-state index is 0.159. The van der Waals surface area contributed by atoms with E-state index >= 15 is 0 Å². The third-order valence-electron chi connectivity index (χ3n) is 2.06. The van der Waals surface area contributed by atoms with Gasteiger partial charge in [-0.05, 0) is 18.6 Å². The summed E-state index contributed by atoms with van der Waals surface area (Å²) in [7, 11) is 0. The van der Waals surface area contributed by atoms with E-state index in [0.717, 1.165) is 6.42 Å². The predicted molar refractivity (Wildman–Crippen MR) is 57.2 cm³/mol. The highest BCUT2D eigenvalue weighted by Gasteiger charge is 2.09. The van der Waals surface area contributed by atoms with Crippen molar-refractivity contribution < 1.29 is 4.79 Å². The van der Waals surface area contributed by atoms with E-state index in [1.54, 1.807) is 11.3 Å². The molecular formula is C11H16OS. The van der Waals surface area contributed by atoms with Crippen molar-refractivity contribution in [2.45, 2.75) is 33.6 Å². The Morgan fingerprint density at radius 3 is 2.46 bits per heavy atom. The molecule has 0 saturated carbocycles. The first kappa shape index (κ1) is 10.5. The van der Waals surface area contributed by atoms with Crippen LogP contribution in [0.1, 0.15) is 30.5 Å². The van der Waals surface area contributed by atoms with Gasteiger partial charge in [0, 0.05) is 22.1 Å². The summed E-state index contributed by atoms with van der Waals surface area (Å²) in [5.74, 6) is 0.497. The lowest BCUT2D eigenvalue weighted by Gasteiger charge is -2.00. The maximum Gasteiger partial charge on any atom is 0.140 e. The second-order valence-electron chi connectivity index (χ2n) is 3.52. The Bertz CT molecular complexity index is 286. The summed E-state index contributed by atoms with van der Waals surface area (Å²) in [5.41, 5.74) is 0. The van der Waals surface area contributed by atoms with Crippen LogP contribution in [-0.2, 0) is 17.6 Å². The van der Waals surface area contributed by atoms with Gasteiger partial charge in [0.15, 0.2) is 0 Å². The minimum Gasteiger partial charge on any atom is -0.299 e. The van der Waals surface area contributed by atoms with Crippen LogP contribution in [0.2, 0.25) is 0 Å². The molecule has 0 atom stereocenters. The molecule has 0 radical (unpaired) electrons. The van der Waals surface area contributed by atoms with Gasteiger partial charge in [0.1, 0.15) is 5.78 Å². The summed E-state index contributed by atoms with van der Waals surface area (Å²) < 4.78 is 0. The van der Waals surface area contributed by atoms with Gasteiger partial charge in [-0.2, -0.15) is 0 Å². The second kappa shape index (κ2) is 4.56. The third-order valence-corrected chi connectivity index (χ3v) is 3.29. The number of carbonyl (C=O) groups excluding carboxylic acids is 1. The van der Waals surface area contributed by atoms with E-state index < -0.39 is 0 Å². The summed E-state index contributed by atoms with van der Waals surface area (Å²) in [6, 6.07) is 4.19. The fourth-order valence-electron chi connectivity index (χ4n) is 1.08. The molecule has 0 spiro atoms. The van der Waals surface area contributed by atoms with Crippen LogP contribution in [0.25, 0.3) is 0 Å².